The molecule has 0 N–H and O–H groups in total. The lowest BCUT2D eigenvalue weighted by Crippen LogP contribution is -2.26. The Morgan fingerprint density at radius 1 is 0.895 bits per heavy atom. The number of rotatable bonds is 4. The van der Waals surface area contributed by atoms with Gasteiger partial charge in [0, 0.05) is 0 Å². The van der Waals surface area contributed by atoms with Gasteiger partial charge in [0.1, 0.15) is 0 Å². The lowest BCUT2D eigenvalue weighted by atomic mass is 9.69. The molecule has 0 aromatic heterocycles. The van der Waals surface area contributed by atoms with Gasteiger partial charge in [-0.05, 0) is 47.8 Å². The van der Waals surface area contributed by atoms with Crippen molar-refractivity contribution >= 4 is 0 Å². The summed E-state index contributed by atoms with van der Waals surface area (Å²) in [5.74, 6) is 2.90. The van der Waals surface area contributed by atoms with Gasteiger partial charge < -0.3 is 0 Å². The van der Waals surface area contributed by atoms with E-state index in [4.69, 9.17) is 0 Å². The zero-order chi connectivity index (χ0) is 14.7. The molecule has 1 rings (SSSR count). The van der Waals surface area contributed by atoms with Gasteiger partial charge in [-0.2, -0.15) is 0 Å². The molecule has 0 aromatic rings. The SMILES string of the molecule is CC(CCC1CCC(C(C)(C)C)CC1)CC(C)(C)C. The van der Waals surface area contributed by atoms with Gasteiger partial charge in [-0.1, -0.05) is 74.1 Å². The van der Waals surface area contributed by atoms with E-state index in [1.165, 1.54) is 44.9 Å². The highest BCUT2D eigenvalue weighted by Crippen LogP contribution is 2.41. The first kappa shape index (κ1) is 17.1. The third-order valence-electron chi connectivity index (χ3n) is 5.10. The molecule has 0 radical (unpaired) electrons. The second-order valence-electron chi connectivity index (χ2n) is 9.53. The first-order valence-corrected chi connectivity index (χ1v) is 8.58. The molecule has 1 atom stereocenters. The summed E-state index contributed by atoms with van der Waals surface area (Å²) >= 11 is 0. The molecule has 0 nitrogen and oxygen atoms in total. The Morgan fingerprint density at radius 3 is 1.84 bits per heavy atom. The van der Waals surface area contributed by atoms with Crippen LogP contribution in [0.2, 0.25) is 0 Å². The van der Waals surface area contributed by atoms with Crippen LogP contribution >= 0.6 is 0 Å². The van der Waals surface area contributed by atoms with Crippen molar-refractivity contribution < 1.29 is 0 Å². The van der Waals surface area contributed by atoms with Gasteiger partial charge in [0.05, 0.1) is 0 Å². The molecule has 0 heteroatoms. The Bertz CT molecular complexity index is 242. The Hall–Kier alpha value is 0. The maximum absolute atomic E-state index is 2.45. The largest absolute Gasteiger partial charge is 0.0625 e. The van der Waals surface area contributed by atoms with Crippen molar-refractivity contribution in [3.8, 4) is 0 Å². The van der Waals surface area contributed by atoms with E-state index in [0.29, 0.717) is 10.8 Å². The normalized spacial score (nSPS) is 27.3. The summed E-state index contributed by atoms with van der Waals surface area (Å²) in [5, 5.41) is 0. The van der Waals surface area contributed by atoms with Crippen LogP contribution in [0.1, 0.15) is 93.4 Å². The van der Waals surface area contributed by atoms with Gasteiger partial charge in [0.25, 0.3) is 0 Å². The van der Waals surface area contributed by atoms with Crippen LogP contribution in [0.25, 0.3) is 0 Å². The van der Waals surface area contributed by atoms with Gasteiger partial charge in [0.2, 0.25) is 0 Å². The predicted octanol–water partition coefficient (Wildman–Crippen LogP) is 6.69. The lowest BCUT2D eigenvalue weighted by molar-refractivity contribution is 0.142. The quantitative estimate of drug-likeness (QED) is 0.531. The Labute approximate surface area is 122 Å². The van der Waals surface area contributed by atoms with Crippen LogP contribution in [0, 0.1) is 28.6 Å². The molecule has 19 heavy (non-hydrogen) atoms. The van der Waals surface area contributed by atoms with Crippen LogP contribution in [0.15, 0.2) is 0 Å². The summed E-state index contributed by atoms with van der Waals surface area (Å²) in [6, 6.07) is 0. The smallest absolute Gasteiger partial charge is 0.0354 e. The third-order valence-corrected chi connectivity index (χ3v) is 5.10. The summed E-state index contributed by atoms with van der Waals surface area (Å²) in [6.45, 7) is 16.8. The van der Waals surface area contributed by atoms with Crippen LogP contribution in [0.4, 0.5) is 0 Å². The summed E-state index contributed by atoms with van der Waals surface area (Å²) in [7, 11) is 0. The van der Waals surface area contributed by atoms with E-state index in [-0.39, 0.29) is 0 Å². The minimum atomic E-state index is 0.503. The molecule has 1 fully saturated rings. The van der Waals surface area contributed by atoms with E-state index < -0.39 is 0 Å². The minimum Gasteiger partial charge on any atom is -0.0625 e. The first-order valence-electron chi connectivity index (χ1n) is 8.58. The van der Waals surface area contributed by atoms with Crippen LogP contribution in [-0.4, -0.2) is 0 Å². The summed E-state index contributed by atoms with van der Waals surface area (Å²) in [4.78, 5) is 0. The van der Waals surface area contributed by atoms with Gasteiger partial charge in [-0.3, -0.25) is 0 Å². The van der Waals surface area contributed by atoms with E-state index in [1.807, 2.05) is 0 Å². The molecular formula is C19H38. The van der Waals surface area contributed by atoms with Crippen molar-refractivity contribution in [1.29, 1.82) is 0 Å². The van der Waals surface area contributed by atoms with Gasteiger partial charge >= 0.3 is 0 Å². The second kappa shape index (κ2) is 6.64. The second-order valence-corrected chi connectivity index (χ2v) is 9.53. The standard InChI is InChI=1S/C19H38/c1-15(14-18(2,3)4)8-9-16-10-12-17(13-11-16)19(5,6)7/h15-17H,8-14H2,1-7H3. The topological polar surface area (TPSA) is 0 Å². The van der Waals surface area contributed by atoms with Crippen molar-refractivity contribution in [3.05, 3.63) is 0 Å². The predicted molar refractivity (Wildman–Crippen MR) is 87.4 cm³/mol. The van der Waals surface area contributed by atoms with Gasteiger partial charge in [-0.15, -0.1) is 0 Å². The highest BCUT2D eigenvalue weighted by molar-refractivity contribution is 4.81. The minimum absolute atomic E-state index is 0.503. The molecule has 1 unspecified atom stereocenters. The van der Waals surface area contributed by atoms with E-state index >= 15 is 0 Å². The zero-order valence-electron chi connectivity index (χ0n) is 14.7. The molecule has 0 heterocycles. The highest BCUT2D eigenvalue weighted by Gasteiger charge is 2.29. The van der Waals surface area contributed by atoms with Crippen LogP contribution in [0.5, 0.6) is 0 Å². The van der Waals surface area contributed by atoms with Crippen LogP contribution in [-0.2, 0) is 0 Å². The summed E-state index contributed by atoms with van der Waals surface area (Å²) in [6.07, 6.45) is 10.2. The van der Waals surface area contributed by atoms with Crippen molar-refractivity contribution in [2.45, 2.75) is 93.4 Å². The zero-order valence-corrected chi connectivity index (χ0v) is 14.7. The average Bonchev–Trinajstić information content (AvgIpc) is 2.23. The van der Waals surface area contributed by atoms with E-state index in [1.54, 1.807) is 0 Å². The monoisotopic (exact) mass is 266 g/mol. The van der Waals surface area contributed by atoms with Crippen molar-refractivity contribution in [1.82, 2.24) is 0 Å². The molecule has 0 amide bonds. The Balaban J connectivity index is 2.23. The van der Waals surface area contributed by atoms with Gasteiger partial charge in [-0.25, -0.2) is 0 Å². The highest BCUT2D eigenvalue weighted by atomic mass is 14.3. The molecule has 0 spiro atoms. The fourth-order valence-electron chi connectivity index (χ4n) is 3.98. The summed E-state index contributed by atoms with van der Waals surface area (Å²) < 4.78 is 0. The molecule has 0 aromatic carbocycles. The molecule has 0 bridgehead atoms. The third kappa shape index (κ3) is 6.82. The molecule has 1 saturated carbocycles. The van der Waals surface area contributed by atoms with E-state index in [2.05, 4.69) is 48.5 Å². The summed E-state index contributed by atoms with van der Waals surface area (Å²) in [5.41, 5.74) is 1.04. The Kier molecular flexibility index (Phi) is 5.96. The van der Waals surface area contributed by atoms with Crippen LogP contribution < -0.4 is 0 Å². The maximum atomic E-state index is 2.45. The first-order chi connectivity index (χ1) is 8.58. The Morgan fingerprint density at radius 2 is 1.42 bits per heavy atom. The molecule has 0 saturated heterocycles. The van der Waals surface area contributed by atoms with E-state index in [0.717, 1.165) is 17.8 Å². The fourth-order valence-corrected chi connectivity index (χ4v) is 3.98. The lowest BCUT2D eigenvalue weighted by Gasteiger charge is -2.37. The van der Waals surface area contributed by atoms with Gasteiger partial charge in [0.15, 0.2) is 0 Å². The molecule has 114 valence electrons. The number of hydrogen-bond acceptors (Lipinski definition) is 0. The van der Waals surface area contributed by atoms with Crippen molar-refractivity contribution in [2.75, 3.05) is 0 Å². The molecule has 1 aliphatic carbocycles. The average molecular weight is 267 g/mol. The maximum Gasteiger partial charge on any atom is -0.0354 e. The fraction of sp³-hybridized carbons (Fsp3) is 1.00. The molecule has 1 aliphatic rings. The number of hydrogen-bond donors (Lipinski definition) is 0. The molecular weight excluding hydrogens is 228 g/mol. The molecule has 0 aliphatic heterocycles. The van der Waals surface area contributed by atoms with Crippen molar-refractivity contribution in [2.24, 2.45) is 28.6 Å². The van der Waals surface area contributed by atoms with E-state index in [9.17, 15) is 0 Å². The van der Waals surface area contributed by atoms with Crippen molar-refractivity contribution in [3.63, 3.8) is 0 Å². The van der Waals surface area contributed by atoms with Crippen LogP contribution in [0.3, 0.4) is 0 Å².